The third kappa shape index (κ3) is 6.40. The molecule has 57 heavy (non-hydrogen) atoms. The minimum atomic E-state index is 0.255. The van der Waals surface area contributed by atoms with E-state index >= 15 is 0 Å². The molecule has 2 heterocycles. The fourth-order valence-corrected chi connectivity index (χ4v) is 10.4. The van der Waals surface area contributed by atoms with Crippen LogP contribution in [0.25, 0.3) is 78.4 Å². The normalized spacial score (nSPS) is 20.4. The molecule has 2 bridgehead atoms. The second kappa shape index (κ2) is 14.3. The molecule has 5 nitrogen and oxygen atoms in total. The Balaban J connectivity index is 1.10. The van der Waals surface area contributed by atoms with Crippen LogP contribution in [0.3, 0.4) is 0 Å². The summed E-state index contributed by atoms with van der Waals surface area (Å²) in [7, 11) is 0. The van der Waals surface area contributed by atoms with Gasteiger partial charge in [0.1, 0.15) is 11.2 Å². The first-order valence-corrected chi connectivity index (χ1v) is 20.4. The maximum Gasteiger partial charge on any atom is 0.164 e. The maximum atomic E-state index is 9.52. The van der Waals surface area contributed by atoms with Gasteiger partial charge in [-0.15, -0.1) is 0 Å². The molecule has 2 aliphatic carbocycles. The molecule has 2 fully saturated rings. The summed E-state index contributed by atoms with van der Waals surface area (Å²) in [5.41, 5.74) is 10.9. The Hall–Kier alpha value is -6.38. The van der Waals surface area contributed by atoms with Crippen LogP contribution in [0.15, 0.2) is 144 Å². The molecular formula is C52H44N4O. The molecule has 278 valence electrons. The second-order valence-corrected chi connectivity index (χ2v) is 16.6. The lowest BCUT2D eigenvalue weighted by Crippen LogP contribution is -2.42. The molecule has 0 aliphatic heterocycles. The van der Waals surface area contributed by atoms with E-state index < -0.39 is 0 Å². The maximum absolute atomic E-state index is 9.52. The molecule has 8 aromatic rings. The van der Waals surface area contributed by atoms with E-state index in [0.29, 0.717) is 28.6 Å². The Bertz CT molecular complexity index is 2810. The zero-order chi connectivity index (χ0) is 38.5. The van der Waals surface area contributed by atoms with Crippen molar-refractivity contribution in [2.75, 3.05) is 0 Å². The van der Waals surface area contributed by atoms with E-state index in [1.807, 2.05) is 36.4 Å². The Kier molecular flexibility index (Phi) is 8.79. The van der Waals surface area contributed by atoms with Gasteiger partial charge in [-0.25, -0.2) is 15.0 Å². The zero-order valence-corrected chi connectivity index (χ0v) is 32.5. The van der Waals surface area contributed by atoms with Gasteiger partial charge in [0, 0.05) is 27.5 Å². The van der Waals surface area contributed by atoms with Gasteiger partial charge < -0.3 is 4.42 Å². The number of aromatic nitrogens is 3. The van der Waals surface area contributed by atoms with Crippen LogP contribution in [0.4, 0.5) is 0 Å². The summed E-state index contributed by atoms with van der Waals surface area (Å²) in [6.45, 7) is 4.83. The Morgan fingerprint density at radius 2 is 1.32 bits per heavy atom. The van der Waals surface area contributed by atoms with Crippen LogP contribution in [0.1, 0.15) is 63.5 Å². The highest BCUT2D eigenvalue weighted by molar-refractivity contribution is 6.12. The predicted octanol–water partition coefficient (Wildman–Crippen LogP) is 13.5. The monoisotopic (exact) mass is 740 g/mol. The number of fused-ring (bicyclic) bond motifs is 5. The minimum absolute atomic E-state index is 0.255. The highest BCUT2D eigenvalue weighted by Crippen LogP contribution is 2.55. The van der Waals surface area contributed by atoms with Crippen molar-refractivity contribution >= 4 is 21.9 Å². The van der Waals surface area contributed by atoms with Gasteiger partial charge in [0.05, 0.1) is 11.6 Å². The molecule has 0 N–H and O–H groups in total. The second-order valence-electron chi connectivity index (χ2n) is 16.6. The number of nitrogens with zero attached hydrogens (tertiary/aromatic N) is 4. The summed E-state index contributed by atoms with van der Waals surface area (Å²) in [5, 5.41) is 11.5. The molecule has 2 saturated carbocycles. The van der Waals surface area contributed by atoms with E-state index in [2.05, 4.69) is 123 Å². The van der Waals surface area contributed by atoms with Crippen molar-refractivity contribution in [2.24, 2.45) is 17.8 Å². The lowest BCUT2D eigenvalue weighted by atomic mass is 9.54. The van der Waals surface area contributed by atoms with E-state index in [-0.39, 0.29) is 5.41 Å². The number of furan rings is 1. The largest absolute Gasteiger partial charge is 0.456 e. The zero-order valence-electron chi connectivity index (χ0n) is 32.5. The first-order chi connectivity index (χ1) is 28.0. The van der Waals surface area contributed by atoms with Crippen LogP contribution in [0.5, 0.6) is 0 Å². The van der Waals surface area contributed by atoms with Gasteiger partial charge in [-0.3, -0.25) is 0 Å². The van der Waals surface area contributed by atoms with Gasteiger partial charge >= 0.3 is 0 Å². The Labute approximate surface area is 334 Å². The van der Waals surface area contributed by atoms with E-state index in [4.69, 9.17) is 19.4 Å². The molecular weight excluding hydrogens is 697 g/mol. The summed E-state index contributed by atoms with van der Waals surface area (Å²) in [6, 6.07) is 50.5. The molecule has 2 aromatic heterocycles. The smallest absolute Gasteiger partial charge is 0.164 e. The van der Waals surface area contributed by atoms with Crippen molar-refractivity contribution in [2.45, 2.75) is 57.8 Å². The van der Waals surface area contributed by atoms with Crippen molar-refractivity contribution in [1.29, 1.82) is 5.26 Å². The van der Waals surface area contributed by atoms with Crippen LogP contribution < -0.4 is 0 Å². The SMILES string of the molecule is CC[C@@H]1C[C@@H]2C[C@H](C)CC(c3ccc(-c4nc(-c5cccc(-c6cccc7oc8cc(C#N)ccc8c67)c5)nc(-c5ccccc5-c5ccccc5)n4)cc3)(C1)C2. The molecule has 10 rings (SSSR count). The van der Waals surface area contributed by atoms with Gasteiger partial charge in [0.25, 0.3) is 0 Å². The third-order valence-corrected chi connectivity index (χ3v) is 12.8. The van der Waals surface area contributed by atoms with E-state index in [0.717, 1.165) is 73.1 Å². The number of rotatable bonds is 7. The van der Waals surface area contributed by atoms with Gasteiger partial charge in [0.2, 0.25) is 0 Å². The van der Waals surface area contributed by atoms with Crippen molar-refractivity contribution in [3.63, 3.8) is 0 Å². The molecule has 0 amide bonds. The van der Waals surface area contributed by atoms with Crippen molar-refractivity contribution in [1.82, 2.24) is 15.0 Å². The van der Waals surface area contributed by atoms with Crippen LogP contribution in [0, 0.1) is 29.1 Å². The van der Waals surface area contributed by atoms with Gasteiger partial charge in [-0.1, -0.05) is 129 Å². The van der Waals surface area contributed by atoms with Gasteiger partial charge in [-0.2, -0.15) is 5.26 Å². The van der Waals surface area contributed by atoms with Crippen LogP contribution in [-0.2, 0) is 5.41 Å². The Morgan fingerprint density at radius 1 is 0.614 bits per heavy atom. The average molecular weight is 741 g/mol. The first kappa shape index (κ1) is 35.1. The lowest BCUT2D eigenvalue weighted by Gasteiger charge is -2.51. The molecule has 6 aromatic carbocycles. The van der Waals surface area contributed by atoms with E-state index in [9.17, 15) is 5.26 Å². The van der Waals surface area contributed by atoms with E-state index in [1.165, 1.54) is 44.1 Å². The van der Waals surface area contributed by atoms with Crippen LogP contribution in [0.2, 0.25) is 0 Å². The molecule has 2 aliphatic rings. The highest BCUT2D eigenvalue weighted by atomic mass is 16.3. The van der Waals surface area contributed by atoms with Crippen LogP contribution >= 0.6 is 0 Å². The highest BCUT2D eigenvalue weighted by Gasteiger charge is 2.45. The standard InChI is InChI=1S/C52H44N4O/c1-3-34-26-36-25-33(2)29-52(30-34,31-36)41-22-20-38(21-23-41)49-54-50(56-51(55-49)44-16-8-7-15-42(44)37-11-5-4-6-12-37)40-14-9-13-39(28-40)43-17-10-18-46-48(43)45-24-19-35(32-53)27-47(45)57-46/h4-24,27-28,33-34,36H,3,25-26,29-31H2,1-2H3/t33-,34+,36-,52?/m0/s1. The van der Waals surface area contributed by atoms with Gasteiger partial charge in [-0.05, 0) is 113 Å². The minimum Gasteiger partial charge on any atom is -0.456 e. The molecule has 5 heteroatoms. The summed E-state index contributed by atoms with van der Waals surface area (Å²) >= 11 is 0. The molecule has 0 radical (unpaired) electrons. The van der Waals surface area contributed by atoms with Gasteiger partial charge in [0.15, 0.2) is 17.5 Å². The topological polar surface area (TPSA) is 75.6 Å². The van der Waals surface area contributed by atoms with E-state index in [1.54, 1.807) is 0 Å². The first-order valence-electron chi connectivity index (χ1n) is 20.4. The molecule has 1 unspecified atom stereocenters. The molecule has 0 spiro atoms. The summed E-state index contributed by atoms with van der Waals surface area (Å²) < 4.78 is 6.25. The fraction of sp³-hybridized carbons (Fsp3) is 0.231. The number of hydrogen-bond acceptors (Lipinski definition) is 5. The quantitative estimate of drug-likeness (QED) is 0.163. The number of nitriles is 1. The third-order valence-electron chi connectivity index (χ3n) is 12.8. The average Bonchev–Trinajstić information content (AvgIpc) is 3.64. The predicted molar refractivity (Wildman–Crippen MR) is 230 cm³/mol. The summed E-state index contributed by atoms with van der Waals surface area (Å²) in [4.78, 5) is 15.7. The fourth-order valence-electron chi connectivity index (χ4n) is 10.4. The lowest BCUT2D eigenvalue weighted by molar-refractivity contribution is 0.0702. The molecule has 0 saturated heterocycles. The summed E-state index contributed by atoms with van der Waals surface area (Å²) in [6.07, 6.45) is 7.90. The van der Waals surface area contributed by atoms with Crippen molar-refractivity contribution in [3.8, 4) is 62.5 Å². The molecule has 4 atom stereocenters. The van der Waals surface area contributed by atoms with Crippen molar-refractivity contribution in [3.05, 3.63) is 151 Å². The summed E-state index contributed by atoms with van der Waals surface area (Å²) in [5.74, 6) is 4.31. The van der Waals surface area contributed by atoms with Crippen molar-refractivity contribution < 1.29 is 4.42 Å². The Morgan fingerprint density at radius 3 is 2.12 bits per heavy atom. The number of benzene rings is 6. The number of hydrogen-bond donors (Lipinski definition) is 0. The van der Waals surface area contributed by atoms with Crippen LogP contribution in [-0.4, -0.2) is 15.0 Å².